The molecule has 0 aromatic heterocycles. The number of rotatable bonds is 2. The molecule has 0 radical (unpaired) electrons. The lowest BCUT2D eigenvalue weighted by Gasteiger charge is -2.28. The summed E-state index contributed by atoms with van der Waals surface area (Å²) in [7, 11) is -3.02. The van der Waals surface area contributed by atoms with Crippen molar-refractivity contribution in [1.82, 2.24) is 4.31 Å². The molecular formula is C13H24N2O2S. The smallest absolute Gasteiger partial charge is 0.216 e. The van der Waals surface area contributed by atoms with E-state index in [4.69, 9.17) is 5.73 Å². The van der Waals surface area contributed by atoms with E-state index in [9.17, 15) is 8.42 Å². The first-order chi connectivity index (χ1) is 8.57. The number of nitrogens with zero attached hydrogens (tertiary/aromatic N) is 1. The Labute approximate surface area is 110 Å². The standard InChI is InChI=1S/C13H24N2O2S/c14-12-6-5-10-8-15(9-11(10)7-12)18(16,17)13-3-1-2-4-13/h10-13H,1-9,14H2/t10-,11+,12?/m1/s1. The van der Waals surface area contributed by atoms with Crippen LogP contribution in [0.25, 0.3) is 0 Å². The van der Waals surface area contributed by atoms with Gasteiger partial charge in [0, 0.05) is 19.1 Å². The van der Waals surface area contributed by atoms with Crippen LogP contribution < -0.4 is 5.73 Å². The molecule has 0 amide bonds. The highest BCUT2D eigenvalue weighted by atomic mass is 32.2. The fourth-order valence-electron chi connectivity index (χ4n) is 4.03. The van der Waals surface area contributed by atoms with Crippen LogP contribution in [0.15, 0.2) is 0 Å². The van der Waals surface area contributed by atoms with E-state index in [2.05, 4.69) is 0 Å². The summed E-state index contributed by atoms with van der Waals surface area (Å²) in [6.45, 7) is 1.49. The lowest BCUT2D eigenvalue weighted by molar-refractivity contribution is 0.271. The van der Waals surface area contributed by atoms with Gasteiger partial charge in [0.1, 0.15) is 0 Å². The van der Waals surface area contributed by atoms with Crippen LogP contribution in [0.1, 0.15) is 44.9 Å². The molecule has 2 saturated carbocycles. The van der Waals surface area contributed by atoms with Crippen LogP contribution >= 0.6 is 0 Å². The second-order valence-electron chi connectivity index (χ2n) is 6.36. The molecule has 3 fully saturated rings. The largest absolute Gasteiger partial charge is 0.328 e. The number of fused-ring (bicyclic) bond motifs is 1. The molecule has 0 aromatic carbocycles. The molecule has 1 saturated heterocycles. The molecule has 3 rings (SSSR count). The number of hydrogen-bond donors (Lipinski definition) is 1. The third kappa shape index (κ3) is 2.21. The Balaban J connectivity index is 1.71. The molecule has 0 spiro atoms. The van der Waals surface area contributed by atoms with E-state index >= 15 is 0 Å². The lowest BCUT2D eigenvalue weighted by Crippen LogP contribution is -2.36. The fraction of sp³-hybridized carbons (Fsp3) is 1.00. The minimum atomic E-state index is -3.02. The van der Waals surface area contributed by atoms with E-state index in [-0.39, 0.29) is 5.25 Å². The molecule has 18 heavy (non-hydrogen) atoms. The zero-order valence-electron chi connectivity index (χ0n) is 10.9. The number of sulfonamides is 1. The summed E-state index contributed by atoms with van der Waals surface area (Å²) in [5, 5.41) is -0.0914. The summed E-state index contributed by atoms with van der Waals surface area (Å²) in [6.07, 6.45) is 7.09. The average Bonchev–Trinajstić information content (AvgIpc) is 2.97. The molecule has 0 aromatic rings. The van der Waals surface area contributed by atoms with Crippen molar-refractivity contribution >= 4 is 10.0 Å². The average molecular weight is 272 g/mol. The van der Waals surface area contributed by atoms with Crippen molar-refractivity contribution in [3.63, 3.8) is 0 Å². The molecule has 5 heteroatoms. The topological polar surface area (TPSA) is 63.4 Å². The van der Waals surface area contributed by atoms with Crippen molar-refractivity contribution in [2.45, 2.75) is 56.2 Å². The zero-order chi connectivity index (χ0) is 12.8. The van der Waals surface area contributed by atoms with E-state index in [1.54, 1.807) is 4.31 Å². The molecule has 3 aliphatic rings. The first-order valence-electron chi connectivity index (χ1n) is 7.32. The molecule has 3 atom stereocenters. The minimum Gasteiger partial charge on any atom is -0.328 e. The molecule has 4 nitrogen and oxygen atoms in total. The van der Waals surface area contributed by atoms with Crippen LogP contribution in [0.4, 0.5) is 0 Å². The van der Waals surface area contributed by atoms with E-state index in [1.807, 2.05) is 0 Å². The van der Waals surface area contributed by atoms with Crippen molar-refractivity contribution in [2.24, 2.45) is 17.6 Å². The summed E-state index contributed by atoms with van der Waals surface area (Å²) in [5.41, 5.74) is 6.00. The Kier molecular flexibility index (Phi) is 3.41. The highest BCUT2D eigenvalue weighted by Gasteiger charge is 2.44. The van der Waals surface area contributed by atoms with Gasteiger partial charge in [0.2, 0.25) is 10.0 Å². The van der Waals surface area contributed by atoms with Crippen LogP contribution in [0, 0.1) is 11.8 Å². The zero-order valence-corrected chi connectivity index (χ0v) is 11.7. The van der Waals surface area contributed by atoms with Crippen LogP contribution in [0.2, 0.25) is 0 Å². The van der Waals surface area contributed by atoms with Crippen molar-refractivity contribution in [3.8, 4) is 0 Å². The van der Waals surface area contributed by atoms with Gasteiger partial charge < -0.3 is 5.73 Å². The molecule has 1 aliphatic heterocycles. The third-order valence-electron chi connectivity index (χ3n) is 5.14. The van der Waals surface area contributed by atoms with E-state index in [0.717, 1.165) is 58.0 Å². The molecule has 0 bridgehead atoms. The van der Waals surface area contributed by atoms with Gasteiger partial charge in [-0.1, -0.05) is 12.8 Å². The Bertz CT molecular complexity index is 403. The van der Waals surface area contributed by atoms with Crippen molar-refractivity contribution < 1.29 is 8.42 Å². The van der Waals surface area contributed by atoms with E-state index in [0.29, 0.717) is 17.9 Å². The molecular weight excluding hydrogens is 248 g/mol. The molecule has 1 unspecified atom stereocenters. The van der Waals surface area contributed by atoms with Gasteiger partial charge in [0.05, 0.1) is 5.25 Å². The Morgan fingerprint density at radius 3 is 2.33 bits per heavy atom. The quantitative estimate of drug-likeness (QED) is 0.824. The van der Waals surface area contributed by atoms with Gasteiger partial charge in [-0.25, -0.2) is 12.7 Å². The molecule has 1 heterocycles. The summed E-state index contributed by atoms with van der Waals surface area (Å²) in [4.78, 5) is 0. The van der Waals surface area contributed by atoms with Crippen molar-refractivity contribution in [2.75, 3.05) is 13.1 Å². The van der Waals surface area contributed by atoms with Gasteiger partial charge in [-0.2, -0.15) is 0 Å². The normalized spacial score (nSPS) is 39.1. The first kappa shape index (κ1) is 12.9. The van der Waals surface area contributed by atoms with Crippen molar-refractivity contribution in [3.05, 3.63) is 0 Å². The monoisotopic (exact) mass is 272 g/mol. The SMILES string of the molecule is NC1CC[C@@H]2CN(S(=O)(=O)C3CCCC3)C[C@@H]2C1. The van der Waals surface area contributed by atoms with Gasteiger partial charge in [0.25, 0.3) is 0 Å². The van der Waals surface area contributed by atoms with Gasteiger partial charge in [-0.05, 0) is 43.9 Å². The molecule has 2 aliphatic carbocycles. The van der Waals surface area contributed by atoms with E-state index < -0.39 is 10.0 Å². The number of hydrogen-bond acceptors (Lipinski definition) is 3. The summed E-state index contributed by atoms with van der Waals surface area (Å²) in [6, 6.07) is 0.292. The Morgan fingerprint density at radius 1 is 0.944 bits per heavy atom. The van der Waals surface area contributed by atoms with Crippen LogP contribution in [0.3, 0.4) is 0 Å². The fourth-order valence-corrected chi connectivity index (χ4v) is 6.18. The number of nitrogens with two attached hydrogens (primary N) is 1. The highest BCUT2D eigenvalue weighted by Crippen LogP contribution is 2.39. The molecule has 104 valence electrons. The summed E-state index contributed by atoms with van der Waals surface area (Å²) in [5.74, 6) is 1.09. The van der Waals surface area contributed by atoms with Crippen LogP contribution in [-0.4, -0.2) is 37.1 Å². The Hall–Kier alpha value is -0.130. The van der Waals surface area contributed by atoms with Crippen LogP contribution in [-0.2, 0) is 10.0 Å². The van der Waals surface area contributed by atoms with Crippen LogP contribution in [0.5, 0.6) is 0 Å². The van der Waals surface area contributed by atoms with Gasteiger partial charge in [0.15, 0.2) is 0 Å². The van der Waals surface area contributed by atoms with Crippen molar-refractivity contribution in [1.29, 1.82) is 0 Å². The van der Waals surface area contributed by atoms with Gasteiger partial charge in [-0.3, -0.25) is 0 Å². The summed E-state index contributed by atoms with van der Waals surface area (Å²) < 4.78 is 26.9. The summed E-state index contributed by atoms with van der Waals surface area (Å²) >= 11 is 0. The predicted octanol–water partition coefficient (Wildman–Crippen LogP) is 1.32. The maximum Gasteiger partial charge on any atom is 0.216 e. The first-order valence-corrected chi connectivity index (χ1v) is 8.82. The molecule has 2 N–H and O–H groups in total. The second-order valence-corrected chi connectivity index (χ2v) is 8.57. The van der Waals surface area contributed by atoms with Gasteiger partial charge >= 0.3 is 0 Å². The Morgan fingerprint density at radius 2 is 1.61 bits per heavy atom. The van der Waals surface area contributed by atoms with E-state index in [1.165, 1.54) is 0 Å². The maximum absolute atomic E-state index is 12.6. The predicted molar refractivity (Wildman–Crippen MR) is 71.6 cm³/mol. The van der Waals surface area contributed by atoms with Gasteiger partial charge in [-0.15, -0.1) is 0 Å². The second kappa shape index (κ2) is 4.76. The lowest BCUT2D eigenvalue weighted by atomic mass is 9.79. The minimum absolute atomic E-state index is 0.0914. The highest BCUT2D eigenvalue weighted by molar-refractivity contribution is 7.89. The maximum atomic E-state index is 12.6. The third-order valence-corrected chi connectivity index (χ3v) is 7.47.